The molecule has 0 saturated heterocycles. The number of rotatable bonds is 0. The maximum atomic E-state index is 5.11. The molecule has 9 heteroatoms. The first-order chi connectivity index (χ1) is 2.83. The van der Waals surface area contributed by atoms with Gasteiger partial charge in [-0.2, -0.15) is 0 Å². The molecule has 0 atom stereocenters. The molecule has 0 amide bonds. The Morgan fingerprint density at radius 2 is 0.667 bits per heavy atom. The van der Waals surface area contributed by atoms with Crippen molar-refractivity contribution in [3.05, 3.63) is 0 Å². The van der Waals surface area contributed by atoms with Crippen molar-refractivity contribution in [2.75, 3.05) is 0 Å². The normalized spacial score (nSPS) is 31.1. The minimum atomic E-state index is -7.14. The van der Waals surface area contributed by atoms with Gasteiger partial charge in [0.1, 0.15) is 0 Å². The average molecular weight is 312 g/mol. The third-order valence-electron chi connectivity index (χ3n) is 0. The summed E-state index contributed by atoms with van der Waals surface area (Å²) in [5, 5.41) is 0. The van der Waals surface area contributed by atoms with Gasteiger partial charge in [0.2, 0.25) is 0 Å². The van der Waals surface area contributed by atoms with Crippen LogP contribution >= 0.6 is 38.1 Å². The van der Waals surface area contributed by atoms with Crippen molar-refractivity contribution in [1.82, 2.24) is 0 Å². The number of hydrogen-bond acceptors (Lipinski definition) is 4. The second-order valence-corrected chi connectivity index (χ2v) is 37.8. The van der Waals surface area contributed by atoms with E-state index in [0.29, 0.717) is 0 Å². The van der Waals surface area contributed by atoms with Crippen LogP contribution in [-0.2, 0) is 7.56 Å². The predicted octanol–water partition coefficient (Wildman–Crippen LogP) is 0.393. The molecule has 4 nitrogen and oxygen atoms in total. The Hall–Kier alpha value is 1.66. The molecule has 66 valence electrons. The van der Waals surface area contributed by atoms with Gasteiger partial charge in [0.25, 0.3) is 0 Å². The van der Waals surface area contributed by atoms with Gasteiger partial charge in [-0.3, -0.25) is 0 Å². The summed E-state index contributed by atoms with van der Waals surface area (Å²) >= 11 is 0. The Labute approximate surface area is 62.8 Å². The monoisotopic (exact) mass is 310 g/mol. The van der Waals surface area contributed by atoms with Crippen molar-refractivity contribution >= 4 is 38.1 Å². The van der Waals surface area contributed by atoms with Crippen LogP contribution in [0.2, 0.25) is 0 Å². The number of halogens is 4. The van der Waals surface area contributed by atoms with Crippen molar-refractivity contribution in [2.45, 2.75) is 0 Å². The predicted molar refractivity (Wildman–Crippen MR) is 40.2 cm³/mol. The Balaban J connectivity index is 5.84. The molecule has 0 rings (SSSR count). The van der Waals surface area contributed by atoms with Gasteiger partial charge < -0.3 is 0 Å². The molecular weight excluding hydrogens is 304 g/mol. The average Bonchev–Trinajstić information content (AvgIpc) is 0.503. The molecule has 0 aromatic rings. The fourth-order valence-electron chi connectivity index (χ4n) is 0. The molecule has 0 radical (unpaired) electrons. The number of hydrogen-bond donors (Lipinski definition) is 4. The van der Waals surface area contributed by atoms with Crippen LogP contribution in [-0.4, -0.2) is 0 Å². The fourth-order valence-corrected chi connectivity index (χ4v) is 0. The van der Waals surface area contributed by atoms with Crippen molar-refractivity contribution in [1.29, 1.82) is 0 Å². The van der Waals surface area contributed by atoms with Gasteiger partial charge in [-0.25, -0.2) is 0 Å². The van der Waals surface area contributed by atoms with Crippen LogP contribution in [0.5, 0.6) is 0 Å². The number of nitrogens with two attached hydrogens (primary N) is 4. The van der Waals surface area contributed by atoms with Gasteiger partial charge in [0, 0.05) is 0 Å². The molecule has 0 bridgehead atoms. The zero-order valence-corrected chi connectivity index (χ0v) is 8.72. The molecule has 8 N–H and O–H groups in total. The molecule has 0 aliphatic carbocycles. The van der Waals surface area contributed by atoms with Crippen LogP contribution in [0.1, 0.15) is 0 Å². The maximum absolute atomic E-state index is 7.14. The molecule has 0 aromatic carbocycles. The quantitative estimate of drug-likeness (QED) is 0.486. The Morgan fingerprint density at radius 1 is 0.667 bits per heavy atom. The van der Waals surface area contributed by atoms with E-state index in [1.165, 1.54) is 0 Å². The fraction of sp³-hybridized carbons (Fsp3) is 0. The Kier molecular flexibility index (Phi) is 0.976. The summed E-state index contributed by atoms with van der Waals surface area (Å²) in [6.07, 6.45) is 0. The minimum absolute atomic E-state index is 4.87. The van der Waals surface area contributed by atoms with Crippen LogP contribution in [0.15, 0.2) is 0 Å². The van der Waals surface area contributed by atoms with Gasteiger partial charge in [-0.15, -0.1) is 0 Å². The van der Waals surface area contributed by atoms with E-state index in [9.17, 15) is 0 Å². The summed E-state index contributed by atoms with van der Waals surface area (Å²) in [7, 11) is 13.3. The molecule has 0 heterocycles. The summed E-state index contributed by atoms with van der Waals surface area (Å²) in [6, 6.07) is 0. The summed E-state index contributed by atoms with van der Waals surface area (Å²) in [5.74, 6) is 0. The Bertz CT molecular complexity index is 147. The first-order valence-corrected chi connectivity index (χ1v) is 12.8. The molecule has 0 unspecified atom stereocenters. The summed E-state index contributed by atoms with van der Waals surface area (Å²) in [6.45, 7) is 0. The van der Waals surface area contributed by atoms with Crippen molar-refractivity contribution in [3.8, 4) is 0 Å². The molecule has 0 aliphatic rings. The first-order valence-electron chi connectivity index (χ1n) is 1.21. The first kappa shape index (κ1) is 10.7. The van der Waals surface area contributed by atoms with E-state index >= 15 is 0 Å². The van der Waals surface area contributed by atoms with Gasteiger partial charge >= 0.3 is 63.1 Å². The summed E-state index contributed by atoms with van der Waals surface area (Å²) in [5.41, 5.74) is 0. The molecule has 0 aliphatic heterocycles. The van der Waals surface area contributed by atoms with E-state index in [4.69, 9.17) is 55.6 Å². The third kappa shape index (κ3) is 205. The van der Waals surface area contributed by atoms with E-state index in [1.54, 1.807) is 0 Å². The Morgan fingerprint density at radius 3 is 0.667 bits per heavy atom. The van der Waals surface area contributed by atoms with Gasteiger partial charge in [0.05, 0.1) is 0 Å². The molecule has 0 spiro atoms. The molecule has 0 fully saturated rings. The van der Waals surface area contributed by atoms with E-state index < -0.39 is 7.56 Å². The second kappa shape index (κ2) is 0.824. The van der Waals surface area contributed by atoms with Crippen LogP contribution in [0.3, 0.4) is 0 Å². The van der Waals surface area contributed by atoms with Gasteiger partial charge in [-0.05, 0) is 0 Å². The van der Waals surface area contributed by atoms with Crippen LogP contribution < -0.4 is 17.5 Å². The summed E-state index contributed by atoms with van der Waals surface area (Å²) < 4.78 is 19.5. The van der Waals surface area contributed by atoms with E-state index in [1.807, 2.05) is 0 Å². The molecular formula is H8Cl4N4Pd. The second-order valence-electron chi connectivity index (χ2n) is 2.01. The topological polar surface area (TPSA) is 104 Å². The SMILES string of the molecule is [NH2][Pd]([NH2])([NH2])([NH2])([Cl])([Cl])([Cl])[Cl]. The summed E-state index contributed by atoms with van der Waals surface area (Å²) in [4.78, 5) is 0. The van der Waals surface area contributed by atoms with Crippen molar-refractivity contribution in [2.24, 2.45) is 17.5 Å². The third-order valence-corrected chi connectivity index (χ3v) is 0. The van der Waals surface area contributed by atoms with E-state index in [-0.39, 0.29) is 0 Å². The van der Waals surface area contributed by atoms with Crippen molar-refractivity contribution in [3.63, 3.8) is 0 Å². The zero-order chi connectivity index (χ0) is 8.35. The van der Waals surface area contributed by atoms with Gasteiger partial charge in [-0.1, -0.05) is 0 Å². The van der Waals surface area contributed by atoms with Gasteiger partial charge in [0.15, 0.2) is 0 Å². The van der Waals surface area contributed by atoms with Crippen LogP contribution in [0.25, 0.3) is 0 Å². The zero-order valence-electron chi connectivity index (χ0n) is 4.14. The van der Waals surface area contributed by atoms with Crippen LogP contribution in [0, 0.1) is 0 Å². The van der Waals surface area contributed by atoms with E-state index in [2.05, 4.69) is 0 Å². The molecule has 9 heavy (non-hydrogen) atoms. The molecule has 0 aromatic heterocycles. The van der Waals surface area contributed by atoms with E-state index in [0.717, 1.165) is 0 Å². The van der Waals surface area contributed by atoms with Crippen LogP contribution in [0.4, 0.5) is 0 Å². The standard InChI is InChI=1S/4ClH.4H2N.Pd/h4*1H;4*1H2;/q;;;;4*-1;+8/p-4. The van der Waals surface area contributed by atoms with Crippen molar-refractivity contribution < 1.29 is 7.56 Å². The molecule has 0 saturated carbocycles.